The van der Waals surface area contributed by atoms with Crippen LogP contribution in [0.4, 0.5) is 0 Å². The fourth-order valence-electron chi connectivity index (χ4n) is 2.13. The topological polar surface area (TPSA) is 60.7 Å². The molecular formula is C16H14ClNO4. The summed E-state index contributed by atoms with van der Waals surface area (Å²) in [5.74, 6) is 1.59. The Balaban J connectivity index is 1.66. The summed E-state index contributed by atoms with van der Waals surface area (Å²) < 4.78 is 15.8. The molecule has 0 spiro atoms. The highest BCUT2D eigenvalue weighted by Crippen LogP contribution is 2.40. The quantitative estimate of drug-likeness (QED) is 0.875. The second kappa shape index (κ2) is 6.15. The van der Waals surface area contributed by atoms with E-state index < -0.39 is 0 Å². The van der Waals surface area contributed by atoms with Crippen LogP contribution in [0.5, 0.6) is 11.5 Å². The lowest BCUT2D eigenvalue weighted by molar-refractivity contribution is -0.117. The molecule has 1 atom stereocenters. The molecule has 114 valence electrons. The van der Waals surface area contributed by atoms with E-state index in [4.69, 9.17) is 25.5 Å². The molecule has 1 aromatic carbocycles. The largest absolute Gasteiger partial charge is 0.467 e. The summed E-state index contributed by atoms with van der Waals surface area (Å²) in [6.07, 6.45) is 4.67. The van der Waals surface area contributed by atoms with Crippen molar-refractivity contribution in [2.75, 3.05) is 6.79 Å². The minimum absolute atomic E-state index is 0.156. The molecule has 0 saturated carbocycles. The normalized spacial score (nSPS) is 14.3. The maximum atomic E-state index is 11.9. The van der Waals surface area contributed by atoms with Gasteiger partial charge in [0.25, 0.3) is 0 Å². The summed E-state index contributed by atoms with van der Waals surface area (Å²) in [4.78, 5) is 11.9. The van der Waals surface area contributed by atoms with E-state index in [2.05, 4.69) is 5.32 Å². The third-order valence-electron chi connectivity index (χ3n) is 3.21. The third kappa shape index (κ3) is 3.09. The van der Waals surface area contributed by atoms with E-state index in [0.29, 0.717) is 22.3 Å². The van der Waals surface area contributed by atoms with Gasteiger partial charge in [-0.2, -0.15) is 0 Å². The van der Waals surface area contributed by atoms with Crippen LogP contribution in [-0.2, 0) is 4.79 Å². The lowest BCUT2D eigenvalue weighted by Gasteiger charge is -2.09. The average Bonchev–Trinajstić information content (AvgIpc) is 3.16. The number of amides is 1. The number of hydrogen-bond acceptors (Lipinski definition) is 4. The van der Waals surface area contributed by atoms with Crippen molar-refractivity contribution >= 4 is 23.6 Å². The summed E-state index contributed by atoms with van der Waals surface area (Å²) in [6.45, 7) is 2.01. The van der Waals surface area contributed by atoms with Crippen LogP contribution in [0.2, 0.25) is 5.02 Å². The van der Waals surface area contributed by atoms with Gasteiger partial charge in [0.2, 0.25) is 12.7 Å². The zero-order valence-electron chi connectivity index (χ0n) is 11.8. The van der Waals surface area contributed by atoms with Crippen LogP contribution < -0.4 is 14.8 Å². The fraction of sp³-hybridized carbons (Fsp3) is 0.188. The van der Waals surface area contributed by atoms with E-state index in [1.165, 1.54) is 6.08 Å². The zero-order valence-corrected chi connectivity index (χ0v) is 12.6. The van der Waals surface area contributed by atoms with Crippen LogP contribution in [0.15, 0.2) is 41.0 Å². The number of benzene rings is 1. The number of carbonyl (C=O) groups is 1. The fourth-order valence-corrected chi connectivity index (χ4v) is 2.40. The lowest BCUT2D eigenvalue weighted by Crippen LogP contribution is -2.24. The van der Waals surface area contributed by atoms with Gasteiger partial charge in [0.15, 0.2) is 11.5 Å². The molecule has 0 aliphatic carbocycles. The van der Waals surface area contributed by atoms with Crippen molar-refractivity contribution < 1.29 is 18.7 Å². The van der Waals surface area contributed by atoms with E-state index in [-0.39, 0.29) is 18.7 Å². The van der Waals surface area contributed by atoms with Gasteiger partial charge in [-0.1, -0.05) is 11.6 Å². The Morgan fingerprint density at radius 2 is 2.27 bits per heavy atom. The van der Waals surface area contributed by atoms with Crippen molar-refractivity contribution in [3.63, 3.8) is 0 Å². The predicted molar refractivity (Wildman–Crippen MR) is 81.9 cm³/mol. The van der Waals surface area contributed by atoms with Crippen molar-refractivity contribution in [1.82, 2.24) is 5.32 Å². The van der Waals surface area contributed by atoms with Crippen molar-refractivity contribution in [2.24, 2.45) is 0 Å². The highest BCUT2D eigenvalue weighted by atomic mass is 35.5. The van der Waals surface area contributed by atoms with Crippen LogP contribution in [0.3, 0.4) is 0 Å². The smallest absolute Gasteiger partial charge is 0.244 e. The highest BCUT2D eigenvalue weighted by molar-refractivity contribution is 6.32. The molecule has 0 bridgehead atoms. The average molecular weight is 320 g/mol. The highest BCUT2D eigenvalue weighted by Gasteiger charge is 2.17. The molecule has 0 radical (unpaired) electrons. The molecule has 1 N–H and O–H groups in total. The minimum atomic E-state index is -0.224. The Morgan fingerprint density at radius 1 is 1.41 bits per heavy atom. The molecule has 1 aromatic heterocycles. The van der Waals surface area contributed by atoms with Crippen LogP contribution in [0.25, 0.3) is 6.08 Å². The lowest BCUT2D eigenvalue weighted by atomic mass is 10.2. The number of carbonyl (C=O) groups excluding carboxylic acids is 1. The molecule has 0 fully saturated rings. The van der Waals surface area contributed by atoms with Gasteiger partial charge in [0.05, 0.1) is 17.3 Å². The van der Waals surface area contributed by atoms with Crippen LogP contribution in [0, 0.1) is 0 Å². The first-order valence-electron chi connectivity index (χ1n) is 6.74. The zero-order chi connectivity index (χ0) is 15.5. The van der Waals surface area contributed by atoms with Gasteiger partial charge >= 0.3 is 0 Å². The van der Waals surface area contributed by atoms with Crippen molar-refractivity contribution in [1.29, 1.82) is 0 Å². The van der Waals surface area contributed by atoms with Crippen molar-refractivity contribution in [2.45, 2.75) is 13.0 Å². The molecule has 22 heavy (non-hydrogen) atoms. The molecular weight excluding hydrogens is 306 g/mol. The second-order valence-electron chi connectivity index (χ2n) is 4.82. The Bertz CT molecular complexity index is 709. The molecule has 2 heterocycles. The van der Waals surface area contributed by atoms with E-state index in [0.717, 1.165) is 5.56 Å². The number of furan rings is 1. The molecule has 3 rings (SSSR count). The van der Waals surface area contributed by atoms with Gasteiger partial charge in [0, 0.05) is 6.08 Å². The first-order chi connectivity index (χ1) is 10.6. The maximum Gasteiger partial charge on any atom is 0.244 e. The van der Waals surface area contributed by atoms with E-state index >= 15 is 0 Å². The first-order valence-corrected chi connectivity index (χ1v) is 7.12. The summed E-state index contributed by atoms with van der Waals surface area (Å²) in [6, 6.07) is 6.88. The van der Waals surface area contributed by atoms with Gasteiger partial charge in [-0.15, -0.1) is 0 Å². The number of ether oxygens (including phenoxy) is 2. The summed E-state index contributed by atoms with van der Waals surface area (Å²) in [5.41, 5.74) is 0.759. The monoisotopic (exact) mass is 319 g/mol. The van der Waals surface area contributed by atoms with Gasteiger partial charge in [-0.3, -0.25) is 4.79 Å². The third-order valence-corrected chi connectivity index (χ3v) is 3.49. The molecule has 6 heteroatoms. The van der Waals surface area contributed by atoms with Crippen LogP contribution in [0.1, 0.15) is 24.3 Å². The van der Waals surface area contributed by atoms with Gasteiger partial charge < -0.3 is 19.2 Å². The van der Waals surface area contributed by atoms with Gasteiger partial charge in [-0.25, -0.2) is 0 Å². The Kier molecular flexibility index (Phi) is 4.06. The minimum Gasteiger partial charge on any atom is -0.467 e. The number of halogens is 1. The molecule has 1 aliphatic rings. The predicted octanol–water partition coefficient (Wildman–Crippen LogP) is 3.55. The van der Waals surface area contributed by atoms with Crippen LogP contribution in [-0.4, -0.2) is 12.7 Å². The molecule has 0 unspecified atom stereocenters. The number of nitrogens with one attached hydrogen (secondary N) is 1. The van der Waals surface area contributed by atoms with E-state index in [9.17, 15) is 4.79 Å². The SMILES string of the molecule is C[C@H](NC(=O)/C=C/c1cc(Cl)c2c(c1)OCO2)c1ccco1. The molecule has 2 aromatic rings. The summed E-state index contributed by atoms with van der Waals surface area (Å²) in [7, 11) is 0. The standard InChI is InChI=1S/C16H14ClNO4/c1-10(13-3-2-6-20-13)18-15(19)5-4-11-7-12(17)16-14(8-11)21-9-22-16/h2-8,10H,9H2,1H3,(H,18,19)/b5-4+/t10-/m0/s1. The first kappa shape index (κ1) is 14.5. The maximum absolute atomic E-state index is 11.9. The number of fused-ring (bicyclic) bond motifs is 1. The number of rotatable bonds is 4. The van der Waals surface area contributed by atoms with Crippen LogP contribution >= 0.6 is 11.6 Å². The second-order valence-corrected chi connectivity index (χ2v) is 5.22. The molecule has 1 aliphatic heterocycles. The molecule has 0 saturated heterocycles. The Labute approximate surface area is 132 Å². The Hall–Kier alpha value is -2.40. The van der Waals surface area contributed by atoms with Gasteiger partial charge in [-0.05, 0) is 42.8 Å². The van der Waals surface area contributed by atoms with E-state index in [1.807, 2.05) is 13.0 Å². The Morgan fingerprint density at radius 3 is 3.05 bits per heavy atom. The molecule has 5 nitrogen and oxygen atoms in total. The van der Waals surface area contributed by atoms with Crippen molar-refractivity contribution in [3.8, 4) is 11.5 Å². The van der Waals surface area contributed by atoms with E-state index in [1.54, 1.807) is 30.5 Å². The summed E-state index contributed by atoms with van der Waals surface area (Å²) >= 11 is 6.09. The summed E-state index contributed by atoms with van der Waals surface area (Å²) in [5, 5.41) is 3.27. The molecule has 1 amide bonds. The van der Waals surface area contributed by atoms with Gasteiger partial charge in [0.1, 0.15) is 5.76 Å². The van der Waals surface area contributed by atoms with Crippen molar-refractivity contribution in [3.05, 3.63) is 53.0 Å². The number of hydrogen-bond donors (Lipinski definition) is 1.